The van der Waals surface area contributed by atoms with Crippen LogP contribution in [0.5, 0.6) is 0 Å². The van der Waals surface area contributed by atoms with Crippen LogP contribution in [0.4, 0.5) is 0 Å². The fourth-order valence-electron chi connectivity index (χ4n) is 1.52. The van der Waals surface area contributed by atoms with Crippen LogP contribution in [0.3, 0.4) is 0 Å². The summed E-state index contributed by atoms with van der Waals surface area (Å²) < 4.78 is 0. The minimum absolute atomic E-state index is 0.617. The van der Waals surface area contributed by atoms with Gasteiger partial charge in [-0.15, -0.1) is 23.2 Å². The molecule has 0 radical (unpaired) electrons. The summed E-state index contributed by atoms with van der Waals surface area (Å²) in [4.78, 5) is 0. The molecule has 0 heterocycles. The lowest BCUT2D eigenvalue weighted by Gasteiger charge is -2.05. The zero-order chi connectivity index (χ0) is 10.2. The molecule has 0 N–H and O–H groups in total. The average molecular weight is 231 g/mol. The van der Waals surface area contributed by atoms with E-state index in [9.17, 15) is 0 Å². The van der Waals surface area contributed by atoms with E-state index in [-0.39, 0.29) is 0 Å². The topological polar surface area (TPSA) is 0 Å². The fourth-order valence-corrected chi connectivity index (χ4v) is 1.97. The van der Waals surface area contributed by atoms with E-state index in [0.29, 0.717) is 5.88 Å². The lowest BCUT2D eigenvalue weighted by Crippen LogP contribution is -1.92. The van der Waals surface area contributed by atoms with E-state index in [2.05, 4.69) is 18.2 Å². The Balaban J connectivity index is 2.41. The Kier molecular flexibility index (Phi) is 6.05. The molecule has 0 aliphatic carbocycles. The lowest BCUT2D eigenvalue weighted by atomic mass is 10.0. The van der Waals surface area contributed by atoms with Crippen LogP contribution >= 0.6 is 23.2 Å². The number of aryl methyl sites for hydroxylation is 1. The van der Waals surface area contributed by atoms with Crippen LogP contribution in [0.15, 0.2) is 24.3 Å². The van der Waals surface area contributed by atoms with Gasteiger partial charge in [0.05, 0.1) is 0 Å². The Morgan fingerprint density at radius 2 is 1.57 bits per heavy atom. The highest BCUT2D eigenvalue weighted by molar-refractivity contribution is 6.17. The molecule has 2 heteroatoms. The monoisotopic (exact) mass is 230 g/mol. The molecule has 0 fully saturated rings. The summed E-state index contributed by atoms with van der Waals surface area (Å²) in [7, 11) is 0. The molecule has 0 aliphatic rings. The summed E-state index contributed by atoms with van der Waals surface area (Å²) >= 11 is 11.5. The Hall–Kier alpha value is -0.200. The number of hydrogen-bond donors (Lipinski definition) is 0. The largest absolute Gasteiger partial charge is 0.127 e. The van der Waals surface area contributed by atoms with Crippen LogP contribution < -0.4 is 0 Å². The summed E-state index contributed by atoms with van der Waals surface area (Å²) in [5, 5.41) is 0. The molecule has 0 nitrogen and oxygen atoms in total. The molecular formula is C12H16Cl2. The second-order valence-corrected chi connectivity index (χ2v) is 4.05. The van der Waals surface area contributed by atoms with Crippen molar-refractivity contribution in [2.75, 3.05) is 5.88 Å². The third-order valence-corrected chi connectivity index (χ3v) is 2.90. The van der Waals surface area contributed by atoms with E-state index in [1.54, 1.807) is 0 Å². The van der Waals surface area contributed by atoms with Crippen molar-refractivity contribution in [3.8, 4) is 0 Å². The molecule has 1 aromatic rings. The Bertz CT molecular complexity index is 258. The molecule has 78 valence electrons. The van der Waals surface area contributed by atoms with Gasteiger partial charge in [0.1, 0.15) is 0 Å². The Morgan fingerprint density at radius 3 is 2.21 bits per heavy atom. The van der Waals surface area contributed by atoms with E-state index in [1.807, 2.05) is 6.07 Å². The number of hydrogen-bond acceptors (Lipinski definition) is 0. The molecule has 1 rings (SSSR count). The van der Waals surface area contributed by atoms with Gasteiger partial charge in [-0.25, -0.2) is 0 Å². The molecule has 0 saturated carbocycles. The summed E-state index contributed by atoms with van der Waals surface area (Å²) in [5.41, 5.74) is 2.65. The highest BCUT2D eigenvalue weighted by Crippen LogP contribution is 2.14. The molecule has 1 aromatic carbocycles. The summed E-state index contributed by atoms with van der Waals surface area (Å²) in [5.74, 6) is 1.39. The highest BCUT2D eigenvalue weighted by atomic mass is 35.5. The second-order valence-electron chi connectivity index (χ2n) is 3.40. The van der Waals surface area contributed by atoms with Crippen LogP contribution in [0.2, 0.25) is 0 Å². The number of alkyl halides is 2. The van der Waals surface area contributed by atoms with Crippen LogP contribution in [0.1, 0.15) is 30.4 Å². The molecule has 0 spiro atoms. The van der Waals surface area contributed by atoms with E-state index in [0.717, 1.165) is 18.7 Å². The highest BCUT2D eigenvalue weighted by Gasteiger charge is 1.99. The Labute approximate surface area is 96.2 Å². The normalized spacial score (nSPS) is 10.4. The van der Waals surface area contributed by atoms with Crippen molar-refractivity contribution in [1.82, 2.24) is 0 Å². The predicted molar refractivity (Wildman–Crippen MR) is 64.3 cm³/mol. The summed E-state index contributed by atoms with van der Waals surface area (Å²) in [6.07, 6.45) is 4.66. The van der Waals surface area contributed by atoms with Crippen molar-refractivity contribution in [2.24, 2.45) is 0 Å². The number of benzene rings is 1. The Morgan fingerprint density at radius 1 is 0.857 bits per heavy atom. The summed E-state index contributed by atoms with van der Waals surface area (Å²) in [6, 6.07) is 8.38. The van der Waals surface area contributed by atoms with Gasteiger partial charge < -0.3 is 0 Å². The minimum Gasteiger partial charge on any atom is -0.127 e. The first kappa shape index (κ1) is 11.9. The second kappa shape index (κ2) is 7.14. The van der Waals surface area contributed by atoms with Crippen molar-refractivity contribution < 1.29 is 0 Å². The molecular weight excluding hydrogens is 215 g/mol. The molecule has 0 unspecified atom stereocenters. The van der Waals surface area contributed by atoms with E-state index < -0.39 is 0 Å². The first-order valence-electron chi connectivity index (χ1n) is 5.07. The predicted octanol–water partition coefficient (Wildman–Crippen LogP) is 4.38. The third kappa shape index (κ3) is 3.89. The average Bonchev–Trinajstić information content (AvgIpc) is 2.25. The SMILES string of the molecule is ClCCCCCc1ccccc1CCl. The first-order valence-corrected chi connectivity index (χ1v) is 6.14. The molecule has 0 amide bonds. The van der Waals surface area contributed by atoms with Crippen molar-refractivity contribution in [1.29, 1.82) is 0 Å². The van der Waals surface area contributed by atoms with E-state index in [4.69, 9.17) is 23.2 Å². The van der Waals surface area contributed by atoms with Crippen molar-refractivity contribution >= 4 is 23.2 Å². The van der Waals surface area contributed by atoms with Gasteiger partial charge in [0.15, 0.2) is 0 Å². The van der Waals surface area contributed by atoms with Crippen molar-refractivity contribution in [3.05, 3.63) is 35.4 Å². The fraction of sp³-hybridized carbons (Fsp3) is 0.500. The number of halogens is 2. The van der Waals surface area contributed by atoms with E-state index in [1.165, 1.54) is 24.0 Å². The third-order valence-electron chi connectivity index (χ3n) is 2.34. The smallest absolute Gasteiger partial charge is 0.0476 e. The molecule has 0 atom stereocenters. The van der Waals surface area contributed by atoms with Crippen LogP contribution in [-0.4, -0.2) is 5.88 Å². The van der Waals surface area contributed by atoms with Crippen LogP contribution in [-0.2, 0) is 12.3 Å². The van der Waals surface area contributed by atoms with E-state index >= 15 is 0 Å². The van der Waals surface area contributed by atoms with Crippen LogP contribution in [0, 0.1) is 0 Å². The molecule has 14 heavy (non-hydrogen) atoms. The maximum atomic E-state index is 5.85. The van der Waals surface area contributed by atoms with Gasteiger partial charge in [-0.05, 0) is 30.4 Å². The minimum atomic E-state index is 0.617. The van der Waals surface area contributed by atoms with Gasteiger partial charge in [-0.2, -0.15) is 0 Å². The van der Waals surface area contributed by atoms with Gasteiger partial charge in [-0.1, -0.05) is 30.7 Å². The zero-order valence-electron chi connectivity index (χ0n) is 8.31. The lowest BCUT2D eigenvalue weighted by molar-refractivity contribution is 0.718. The molecule has 0 aliphatic heterocycles. The van der Waals surface area contributed by atoms with Crippen molar-refractivity contribution in [2.45, 2.75) is 31.6 Å². The quantitative estimate of drug-likeness (QED) is 0.503. The molecule has 0 saturated heterocycles. The van der Waals surface area contributed by atoms with Gasteiger partial charge in [0.2, 0.25) is 0 Å². The number of rotatable bonds is 6. The van der Waals surface area contributed by atoms with Gasteiger partial charge in [0, 0.05) is 11.8 Å². The first-order chi connectivity index (χ1) is 6.88. The zero-order valence-corrected chi connectivity index (χ0v) is 9.82. The van der Waals surface area contributed by atoms with Gasteiger partial charge >= 0.3 is 0 Å². The standard InChI is InChI=1S/C12H16Cl2/c13-9-5-1-2-6-11-7-3-4-8-12(11)10-14/h3-4,7-8H,1-2,5-6,9-10H2. The van der Waals surface area contributed by atoms with Gasteiger partial charge in [0.25, 0.3) is 0 Å². The molecule has 0 bridgehead atoms. The van der Waals surface area contributed by atoms with Gasteiger partial charge in [-0.3, -0.25) is 0 Å². The summed E-state index contributed by atoms with van der Waals surface area (Å²) in [6.45, 7) is 0. The maximum Gasteiger partial charge on any atom is 0.0476 e. The number of unbranched alkanes of at least 4 members (excludes halogenated alkanes) is 2. The van der Waals surface area contributed by atoms with Crippen molar-refractivity contribution in [3.63, 3.8) is 0 Å². The molecule has 0 aromatic heterocycles. The maximum absolute atomic E-state index is 5.85. The van der Waals surface area contributed by atoms with Crippen LogP contribution in [0.25, 0.3) is 0 Å².